The minimum Gasteiger partial charge on any atom is -0.481 e. The summed E-state index contributed by atoms with van der Waals surface area (Å²) in [5, 5.41) is 19.0. The molecule has 0 aliphatic rings. The number of rotatable bonds is 5. The molecule has 0 aliphatic carbocycles. The number of carbonyl (C=O) groups is 1. The summed E-state index contributed by atoms with van der Waals surface area (Å²) >= 11 is 8.32. The monoisotopic (exact) mass is 382 g/mol. The molecule has 1 aromatic heterocycles. The summed E-state index contributed by atoms with van der Waals surface area (Å²) in [6.07, 6.45) is 1.30. The summed E-state index contributed by atoms with van der Waals surface area (Å²) in [6, 6.07) is 7.35. The first kappa shape index (κ1) is 16.2. The fourth-order valence-electron chi connectivity index (χ4n) is 1.63. The molecule has 0 bridgehead atoms. The number of hydrogen-bond acceptors (Lipinski definition) is 5. The fraction of sp³-hybridized carbons (Fsp3) is 0.154. The minimum atomic E-state index is -1.01. The first-order chi connectivity index (χ1) is 10.5. The predicted octanol–water partition coefficient (Wildman–Crippen LogP) is 1.96. The second-order valence-electron chi connectivity index (χ2n) is 4.29. The van der Waals surface area contributed by atoms with E-state index < -0.39 is 11.5 Å². The van der Waals surface area contributed by atoms with Crippen LogP contribution in [0.1, 0.15) is 17.7 Å². The van der Waals surface area contributed by atoms with Gasteiger partial charge in [-0.05, 0) is 29.9 Å². The smallest absolute Gasteiger partial charge is 0.303 e. The highest BCUT2D eigenvalue weighted by Gasteiger charge is 2.08. The van der Waals surface area contributed by atoms with Crippen molar-refractivity contribution in [2.24, 2.45) is 5.10 Å². The Kier molecular flexibility index (Phi) is 5.34. The van der Waals surface area contributed by atoms with E-state index in [2.05, 4.69) is 31.2 Å². The second-order valence-corrected chi connectivity index (χ2v) is 5.59. The number of nitrogens with one attached hydrogen (secondary N) is 1. The molecule has 0 aliphatic heterocycles. The molecular formula is C13H11BrN4O3S. The highest BCUT2D eigenvalue weighted by molar-refractivity contribution is 9.10. The molecule has 22 heavy (non-hydrogen) atoms. The van der Waals surface area contributed by atoms with E-state index >= 15 is 0 Å². The maximum absolute atomic E-state index is 12.2. The molecule has 2 aromatic rings. The predicted molar refractivity (Wildman–Crippen MR) is 86.8 cm³/mol. The molecule has 2 N–H and O–H groups in total. The SMILES string of the molecule is O=C(O)CCc1n[nH]c(=S)n(/N=C\c2cccc(Br)c2)c1=O. The quantitative estimate of drug-likeness (QED) is 0.607. The van der Waals surface area contributed by atoms with Crippen LogP contribution in [0.15, 0.2) is 38.6 Å². The molecule has 0 fully saturated rings. The average Bonchev–Trinajstić information content (AvgIpc) is 2.46. The van der Waals surface area contributed by atoms with Crippen molar-refractivity contribution in [2.75, 3.05) is 0 Å². The third kappa shape index (κ3) is 4.18. The Morgan fingerprint density at radius 3 is 3.00 bits per heavy atom. The fourth-order valence-corrected chi connectivity index (χ4v) is 2.22. The van der Waals surface area contributed by atoms with Gasteiger partial charge in [0.25, 0.3) is 5.56 Å². The number of aryl methyl sites for hydroxylation is 1. The molecule has 9 heteroatoms. The number of carboxylic acids is 1. The van der Waals surface area contributed by atoms with Crippen molar-refractivity contribution in [1.82, 2.24) is 14.9 Å². The Labute approximate surface area is 138 Å². The molecule has 1 heterocycles. The van der Waals surface area contributed by atoms with Gasteiger partial charge in [0.1, 0.15) is 5.69 Å². The third-order valence-electron chi connectivity index (χ3n) is 2.66. The van der Waals surface area contributed by atoms with Crippen LogP contribution in [-0.4, -0.2) is 32.2 Å². The van der Waals surface area contributed by atoms with E-state index in [1.807, 2.05) is 24.3 Å². The summed E-state index contributed by atoms with van der Waals surface area (Å²) in [6.45, 7) is 0. The van der Waals surface area contributed by atoms with Gasteiger partial charge >= 0.3 is 5.97 Å². The third-order valence-corrected chi connectivity index (χ3v) is 3.42. The van der Waals surface area contributed by atoms with Gasteiger partial charge in [0.15, 0.2) is 0 Å². The van der Waals surface area contributed by atoms with E-state index in [0.717, 1.165) is 14.7 Å². The maximum atomic E-state index is 12.2. The average molecular weight is 383 g/mol. The van der Waals surface area contributed by atoms with Crippen LogP contribution in [0.2, 0.25) is 0 Å². The van der Waals surface area contributed by atoms with E-state index in [1.165, 1.54) is 6.21 Å². The lowest BCUT2D eigenvalue weighted by Gasteiger charge is -2.02. The van der Waals surface area contributed by atoms with Gasteiger partial charge in [0.2, 0.25) is 4.77 Å². The lowest BCUT2D eigenvalue weighted by Crippen LogP contribution is -2.25. The van der Waals surface area contributed by atoms with Crippen molar-refractivity contribution in [3.05, 3.63) is 55.1 Å². The van der Waals surface area contributed by atoms with Crippen molar-refractivity contribution in [2.45, 2.75) is 12.8 Å². The first-order valence-corrected chi connectivity index (χ1v) is 7.40. The van der Waals surface area contributed by atoms with E-state index in [4.69, 9.17) is 17.3 Å². The summed E-state index contributed by atoms with van der Waals surface area (Å²) in [7, 11) is 0. The standard InChI is InChI=1S/C13H11BrN4O3S/c14-9-3-1-2-8(6-9)7-15-18-12(21)10(4-5-11(19)20)16-17-13(18)22/h1-3,6-7H,4-5H2,(H,17,22)(H,19,20)/b15-7-. The van der Waals surface area contributed by atoms with Crippen LogP contribution in [0.25, 0.3) is 0 Å². The van der Waals surface area contributed by atoms with Gasteiger partial charge < -0.3 is 5.11 Å². The summed E-state index contributed by atoms with van der Waals surface area (Å²) < 4.78 is 1.90. The Morgan fingerprint density at radius 2 is 2.32 bits per heavy atom. The van der Waals surface area contributed by atoms with E-state index in [9.17, 15) is 9.59 Å². The normalized spacial score (nSPS) is 11.0. The van der Waals surface area contributed by atoms with Crippen LogP contribution in [0.3, 0.4) is 0 Å². The molecule has 0 atom stereocenters. The summed E-state index contributed by atoms with van der Waals surface area (Å²) in [5.41, 5.74) is 0.318. The topological polar surface area (TPSA) is 100 Å². The van der Waals surface area contributed by atoms with Gasteiger partial charge in [0.05, 0.1) is 12.6 Å². The number of aliphatic carboxylic acids is 1. The van der Waals surface area contributed by atoms with Crippen molar-refractivity contribution in [3.8, 4) is 0 Å². The molecule has 2 rings (SSSR count). The molecule has 0 spiro atoms. The number of hydrogen-bond donors (Lipinski definition) is 2. The van der Waals surface area contributed by atoms with Crippen LogP contribution in [0.5, 0.6) is 0 Å². The molecule has 0 unspecified atom stereocenters. The van der Waals surface area contributed by atoms with Gasteiger partial charge in [-0.1, -0.05) is 28.1 Å². The maximum Gasteiger partial charge on any atom is 0.303 e. The summed E-state index contributed by atoms with van der Waals surface area (Å²) in [5.74, 6) is -1.01. The highest BCUT2D eigenvalue weighted by Crippen LogP contribution is 2.09. The Hall–Kier alpha value is -2.13. The largest absolute Gasteiger partial charge is 0.481 e. The lowest BCUT2D eigenvalue weighted by atomic mass is 10.2. The lowest BCUT2D eigenvalue weighted by molar-refractivity contribution is -0.136. The molecule has 7 nitrogen and oxygen atoms in total. The second kappa shape index (κ2) is 7.23. The summed E-state index contributed by atoms with van der Waals surface area (Å²) in [4.78, 5) is 22.8. The number of H-pyrrole nitrogens is 1. The molecule has 0 amide bonds. The Bertz CT molecular complexity index is 844. The van der Waals surface area contributed by atoms with Gasteiger partial charge in [-0.3, -0.25) is 14.7 Å². The molecule has 0 saturated carbocycles. The zero-order chi connectivity index (χ0) is 16.1. The van der Waals surface area contributed by atoms with Crippen LogP contribution >= 0.6 is 28.1 Å². The number of halogens is 1. The Morgan fingerprint density at radius 1 is 1.55 bits per heavy atom. The van der Waals surface area contributed by atoms with Crippen molar-refractivity contribution in [3.63, 3.8) is 0 Å². The van der Waals surface area contributed by atoms with Gasteiger partial charge in [0, 0.05) is 10.9 Å². The minimum absolute atomic E-state index is 0.00663. The van der Waals surface area contributed by atoms with E-state index in [0.29, 0.717) is 0 Å². The van der Waals surface area contributed by atoms with E-state index in [-0.39, 0.29) is 23.3 Å². The zero-order valence-corrected chi connectivity index (χ0v) is 13.6. The van der Waals surface area contributed by atoms with Crippen LogP contribution in [-0.2, 0) is 11.2 Å². The van der Waals surface area contributed by atoms with Crippen molar-refractivity contribution >= 4 is 40.3 Å². The number of aromatic amines is 1. The molecular weight excluding hydrogens is 372 g/mol. The van der Waals surface area contributed by atoms with Gasteiger partial charge in [-0.2, -0.15) is 14.9 Å². The van der Waals surface area contributed by atoms with Crippen molar-refractivity contribution in [1.29, 1.82) is 0 Å². The highest BCUT2D eigenvalue weighted by atomic mass is 79.9. The van der Waals surface area contributed by atoms with Gasteiger partial charge in [-0.25, -0.2) is 0 Å². The van der Waals surface area contributed by atoms with Crippen LogP contribution < -0.4 is 5.56 Å². The van der Waals surface area contributed by atoms with Crippen molar-refractivity contribution < 1.29 is 9.90 Å². The van der Waals surface area contributed by atoms with Crippen LogP contribution in [0, 0.1) is 4.77 Å². The van der Waals surface area contributed by atoms with Crippen LogP contribution in [0.4, 0.5) is 0 Å². The number of aromatic nitrogens is 3. The van der Waals surface area contributed by atoms with Gasteiger partial charge in [-0.15, -0.1) is 0 Å². The molecule has 0 saturated heterocycles. The Balaban J connectivity index is 2.34. The zero-order valence-electron chi connectivity index (χ0n) is 11.2. The first-order valence-electron chi connectivity index (χ1n) is 6.19. The number of benzene rings is 1. The number of nitrogens with zero attached hydrogens (tertiary/aromatic N) is 3. The molecule has 1 aromatic carbocycles. The van der Waals surface area contributed by atoms with E-state index in [1.54, 1.807) is 0 Å². The molecule has 0 radical (unpaired) electrons. The molecule has 114 valence electrons. The number of carboxylic acid groups (broad SMARTS) is 1.